The fourth-order valence-corrected chi connectivity index (χ4v) is 3.34. The van der Waals surface area contributed by atoms with Crippen LogP contribution in [0.2, 0.25) is 0 Å². The third-order valence-electron chi connectivity index (χ3n) is 4.71. The van der Waals surface area contributed by atoms with Gasteiger partial charge in [-0.1, -0.05) is 25.0 Å². The van der Waals surface area contributed by atoms with Gasteiger partial charge in [0.2, 0.25) is 0 Å². The van der Waals surface area contributed by atoms with E-state index in [0.717, 1.165) is 64.2 Å². The molecule has 1 N–H and O–H groups in total. The average molecular weight is 301 g/mol. The molecule has 3 rings (SSSR count). The number of hydrogen-bond donors (Lipinski definition) is 1. The zero-order valence-electron chi connectivity index (χ0n) is 13.4. The molecule has 2 aliphatic rings. The van der Waals surface area contributed by atoms with Crippen LogP contribution in [0.25, 0.3) is 0 Å². The highest BCUT2D eigenvalue weighted by Crippen LogP contribution is 2.15. The van der Waals surface area contributed by atoms with Crippen molar-refractivity contribution in [1.29, 1.82) is 0 Å². The molecule has 1 aromatic carbocycles. The van der Waals surface area contributed by atoms with Crippen LogP contribution in [0.3, 0.4) is 0 Å². The van der Waals surface area contributed by atoms with E-state index in [1.165, 1.54) is 18.4 Å². The third-order valence-corrected chi connectivity index (χ3v) is 4.71. The zero-order chi connectivity index (χ0) is 15.2. The van der Waals surface area contributed by atoms with E-state index in [-0.39, 0.29) is 5.91 Å². The molecule has 2 aliphatic heterocycles. The van der Waals surface area contributed by atoms with Crippen molar-refractivity contribution < 1.29 is 4.79 Å². The Labute approximate surface area is 133 Å². The molecule has 1 amide bonds. The van der Waals surface area contributed by atoms with Crippen LogP contribution in [0.4, 0.5) is 0 Å². The molecule has 4 heteroatoms. The second-order valence-electron chi connectivity index (χ2n) is 6.43. The summed E-state index contributed by atoms with van der Waals surface area (Å²) in [5.74, 6) is 0.204. The van der Waals surface area contributed by atoms with Gasteiger partial charge in [-0.2, -0.15) is 0 Å². The van der Waals surface area contributed by atoms with E-state index in [1.807, 2.05) is 17.0 Å². The number of amides is 1. The molecule has 2 saturated heterocycles. The minimum absolute atomic E-state index is 0.204. The van der Waals surface area contributed by atoms with Crippen LogP contribution in [0.15, 0.2) is 24.3 Å². The van der Waals surface area contributed by atoms with E-state index in [4.69, 9.17) is 0 Å². The van der Waals surface area contributed by atoms with Crippen LogP contribution in [0.1, 0.15) is 41.6 Å². The van der Waals surface area contributed by atoms with Crippen LogP contribution < -0.4 is 5.32 Å². The van der Waals surface area contributed by atoms with E-state index in [0.29, 0.717) is 0 Å². The Morgan fingerprint density at radius 2 is 1.55 bits per heavy atom. The van der Waals surface area contributed by atoms with E-state index >= 15 is 0 Å². The molecule has 0 spiro atoms. The van der Waals surface area contributed by atoms with Crippen molar-refractivity contribution in [3.63, 3.8) is 0 Å². The van der Waals surface area contributed by atoms with E-state index in [1.54, 1.807) is 0 Å². The summed E-state index contributed by atoms with van der Waals surface area (Å²) in [6.07, 6.45) is 4.81. The third kappa shape index (κ3) is 4.08. The van der Waals surface area contributed by atoms with Crippen molar-refractivity contribution in [2.45, 2.75) is 32.2 Å². The van der Waals surface area contributed by atoms with Crippen molar-refractivity contribution in [3.05, 3.63) is 35.4 Å². The Balaban J connectivity index is 1.59. The maximum atomic E-state index is 12.6. The van der Waals surface area contributed by atoms with Crippen molar-refractivity contribution in [1.82, 2.24) is 15.1 Å². The Morgan fingerprint density at radius 3 is 2.18 bits per heavy atom. The van der Waals surface area contributed by atoms with Gasteiger partial charge in [0.15, 0.2) is 0 Å². The Kier molecular flexibility index (Phi) is 5.46. The summed E-state index contributed by atoms with van der Waals surface area (Å²) < 4.78 is 0. The quantitative estimate of drug-likeness (QED) is 0.929. The Morgan fingerprint density at radius 1 is 0.909 bits per heavy atom. The first-order valence-corrected chi connectivity index (χ1v) is 8.64. The van der Waals surface area contributed by atoms with E-state index < -0.39 is 0 Å². The second kappa shape index (κ2) is 7.75. The van der Waals surface area contributed by atoms with E-state index in [2.05, 4.69) is 22.3 Å². The van der Waals surface area contributed by atoms with Gasteiger partial charge in [-0.15, -0.1) is 0 Å². The maximum absolute atomic E-state index is 12.6. The lowest BCUT2D eigenvalue weighted by Gasteiger charge is -2.27. The Bertz CT molecular complexity index is 472. The van der Waals surface area contributed by atoms with Gasteiger partial charge >= 0.3 is 0 Å². The summed E-state index contributed by atoms with van der Waals surface area (Å²) in [6, 6.07) is 8.25. The van der Waals surface area contributed by atoms with Crippen LogP contribution in [0, 0.1) is 0 Å². The smallest absolute Gasteiger partial charge is 0.253 e. The highest BCUT2D eigenvalue weighted by Gasteiger charge is 2.17. The highest BCUT2D eigenvalue weighted by molar-refractivity contribution is 5.94. The molecule has 120 valence electrons. The number of likely N-dealkylation sites (tertiary alicyclic amines) is 1. The molecule has 2 heterocycles. The first-order valence-electron chi connectivity index (χ1n) is 8.64. The topological polar surface area (TPSA) is 35.6 Å². The fourth-order valence-electron chi connectivity index (χ4n) is 3.34. The van der Waals surface area contributed by atoms with Crippen molar-refractivity contribution >= 4 is 5.91 Å². The van der Waals surface area contributed by atoms with Crippen molar-refractivity contribution in [3.8, 4) is 0 Å². The first-order chi connectivity index (χ1) is 10.8. The van der Waals surface area contributed by atoms with Crippen LogP contribution >= 0.6 is 0 Å². The average Bonchev–Trinajstić information content (AvgIpc) is 2.85. The number of hydrogen-bond acceptors (Lipinski definition) is 3. The standard InChI is InChI=1S/C18H27N3O/c22-18(21-11-3-1-2-4-12-21)17-7-5-16(6-8-17)15-20-13-9-19-10-14-20/h5-8,19H,1-4,9-15H2. The molecule has 0 aromatic heterocycles. The van der Waals surface area contributed by atoms with Gasteiger partial charge in [-0.3, -0.25) is 9.69 Å². The van der Waals surface area contributed by atoms with Crippen molar-refractivity contribution in [2.75, 3.05) is 39.3 Å². The summed E-state index contributed by atoms with van der Waals surface area (Å²) in [6.45, 7) is 7.18. The largest absolute Gasteiger partial charge is 0.339 e. The summed E-state index contributed by atoms with van der Waals surface area (Å²) >= 11 is 0. The molecule has 0 radical (unpaired) electrons. The summed E-state index contributed by atoms with van der Waals surface area (Å²) in [7, 11) is 0. The molecular formula is C18H27N3O. The minimum atomic E-state index is 0.204. The number of nitrogens with one attached hydrogen (secondary N) is 1. The SMILES string of the molecule is O=C(c1ccc(CN2CCNCC2)cc1)N1CCCCCC1. The molecule has 0 bridgehead atoms. The predicted molar refractivity (Wildman–Crippen MR) is 89.0 cm³/mol. The lowest BCUT2D eigenvalue weighted by molar-refractivity contribution is 0.0761. The molecule has 0 saturated carbocycles. The molecule has 1 aromatic rings. The lowest BCUT2D eigenvalue weighted by atomic mass is 10.1. The molecule has 2 fully saturated rings. The fraction of sp³-hybridized carbons (Fsp3) is 0.611. The number of carbonyl (C=O) groups excluding carboxylic acids is 1. The molecular weight excluding hydrogens is 274 g/mol. The number of nitrogens with zero attached hydrogens (tertiary/aromatic N) is 2. The molecule has 0 unspecified atom stereocenters. The van der Waals surface area contributed by atoms with Gasteiger partial charge in [0.05, 0.1) is 0 Å². The monoisotopic (exact) mass is 301 g/mol. The second-order valence-corrected chi connectivity index (χ2v) is 6.43. The zero-order valence-corrected chi connectivity index (χ0v) is 13.4. The van der Waals surface area contributed by atoms with Gasteiger partial charge in [0.25, 0.3) is 5.91 Å². The Hall–Kier alpha value is -1.39. The van der Waals surface area contributed by atoms with Crippen LogP contribution in [-0.2, 0) is 6.54 Å². The number of rotatable bonds is 3. The van der Waals surface area contributed by atoms with Gasteiger partial charge < -0.3 is 10.2 Å². The van der Waals surface area contributed by atoms with E-state index in [9.17, 15) is 4.79 Å². The molecule has 22 heavy (non-hydrogen) atoms. The normalized spacial score (nSPS) is 20.6. The maximum Gasteiger partial charge on any atom is 0.253 e. The summed E-state index contributed by atoms with van der Waals surface area (Å²) in [5, 5.41) is 3.37. The predicted octanol–water partition coefficient (Wildman–Crippen LogP) is 2.11. The van der Waals surface area contributed by atoms with Crippen molar-refractivity contribution in [2.24, 2.45) is 0 Å². The summed E-state index contributed by atoms with van der Waals surface area (Å²) in [5.41, 5.74) is 2.14. The molecule has 4 nitrogen and oxygen atoms in total. The number of piperazine rings is 1. The van der Waals surface area contributed by atoms with Gasteiger partial charge in [-0.25, -0.2) is 0 Å². The van der Waals surface area contributed by atoms with Gasteiger partial charge in [-0.05, 0) is 30.5 Å². The van der Waals surface area contributed by atoms with Gasteiger partial charge in [0, 0.05) is 51.4 Å². The van der Waals surface area contributed by atoms with Gasteiger partial charge in [0.1, 0.15) is 0 Å². The van der Waals surface area contributed by atoms with Crippen LogP contribution in [0.5, 0.6) is 0 Å². The highest BCUT2D eigenvalue weighted by atomic mass is 16.2. The molecule has 0 aliphatic carbocycles. The van der Waals surface area contributed by atoms with Crippen LogP contribution in [-0.4, -0.2) is 55.0 Å². The summed E-state index contributed by atoms with van der Waals surface area (Å²) in [4.78, 5) is 17.0. The number of carbonyl (C=O) groups is 1. The molecule has 0 atom stereocenters. The first kappa shape index (κ1) is 15.5. The minimum Gasteiger partial charge on any atom is -0.339 e. The lowest BCUT2D eigenvalue weighted by Crippen LogP contribution is -2.42. The number of benzene rings is 1.